The molecule has 0 fully saturated rings. The minimum absolute atomic E-state index is 0.267. The van der Waals surface area contributed by atoms with E-state index >= 15 is 0 Å². The van der Waals surface area contributed by atoms with Crippen molar-refractivity contribution in [3.8, 4) is 6.07 Å². The van der Waals surface area contributed by atoms with E-state index in [1.807, 2.05) is 11.6 Å². The third kappa shape index (κ3) is 2.59. The Morgan fingerprint density at radius 1 is 1.53 bits per heavy atom. The van der Waals surface area contributed by atoms with Crippen molar-refractivity contribution >= 4 is 22.8 Å². The molecule has 1 heterocycles. The van der Waals surface area contributed by atoms with Crippen LogP contribution < -0.4 is 0 Å². The molecule has 17 heavy (non-hydrogen) atoms. The van der Waals surface area contributed by atoms with Crippen LogP contribution in [0.25, 0.3) is 11.0 Å². The molecule has 0 saturated carbocycles. The number of aryl methyl sites for hydroxylation is 1. The first-order valence-corrected chi connectivity index (χ1v) is 6.32. The van der Waals surface area contributed by atoms with Gasteiger partial charge < -0.3 is 4.57 Å². The Kier molecular flexibility index (Phi) is 3.64. The van der Waals surface area contributed by atoms with Crippen molar-refractivity contribution in [2.45, 2.75) is 18.0 Å². The van der Waals surface area contributed by atoms with Crippen molar-refractivity contribution in [1.82, 2.24) is 9.55 Å². The van der Waals surface area contributed by atoms with Crippen molar-refractivity contribution < 1.29 is 4.39 Å². The third-order valence-electron chi connectivity index (χ3n) is 2.47. The highest BCUT2D eigenvalue weighted by atomic mass is 32.2. The van der Waals surface area contributed by atoms with Crippen molar-refractivity contribution in [1.29, 1.82) is 5.26 Å². The first kappa shape index (κ1) is 11.9. The second-order valence-corrected chi connectivity index (χ2v) is 4.76. The highest BCUT2D eigenvalue weighted by molar-refractivity contribution is 7.99. The zero-order chi connectivity index (χ0) is 12.3. The van der Waals surface area contributed by atoms with Gasteiger partial charge in [0.2, 0.25) is 0 Å². The number of hydrogen-bond donors (Lipinski definition) is 0. The molecule has 0 N–H and O–H groups in total. The number of hydrogen-bond acceptors (Lipinski definition) is 3. The quantitative estimate of drug-likeness (QED) is 0.617. The van der Waals surface area contributed by atoms with Gasteiger partial charge in [-0.25, -0.2) is 9.37 Å². The molecule has 0 saturated heterocycles. The van der Waals surface area contributed by atoms with Gasteiger partial charge in [0.05, 0.1) is 17.1 Å². The van der Waals surface area contributed by atoms with Gasteiger partial charge in [-0.2, -0.15) is 5.26 Å². The fraction of sp³-hybridized carbons (Fsp3) is 0.333. The lowest BCUT2D eigenvalue weighted by Gasteiger charge is -2.00. The molecule has 0 atom stereocenters. The summed E-state index contributed by atoms with van der Waals surface area (Å²) in [6, 6.07) is 6.72. The second-order valence-electron chi connectivity index (χ2n) is 3.70. The standard InChI is InChI=1S/C12H12FN3S/c1-16-11-5-4-9(13)8-10(11)15-12(16)17-7-3-2-6-14/h4-5,8H,2-3,7H2,1H3. The van der Waals surface area contributed by atoms with Gasteiger partial charge in [0.1, 0.15) is 5.82 Å². The van der Waals surface area contributed by atoms with Crippen molar-refractivity contribution in [3.63, 3.8) is 0 Å². The van der Waals surface area contributed by atoms with Crippen LogP contribution in [0.1, 0.15) is 12.8 Å². The van der Waals surface area contributed by atoms with E-state index in [0.717, 1.165) is 22.8 Å². The minimum Gasteiger partial charge on any atom is -0.322 e. The number of benzene rings is 1. The molecule has 0 aliphatic heterocycles. The average molecular weight is 249 g/mol. The van der Waals surface area contributed by atoms with Crippen molar-refractivity contribution in [2.24, 2.45) is 7.05 Å². The zero-order valence-electron chi connectivity index (χ0n) is 9.48. The molecule has 0 spiro atoms. The van der Waals surface area contributed by atoms with Gasteiger partial charge in [-0.15, -0.1) is 0 Å². The summed E-state index contributed by atoms with van der Waals surface area (Å²) < 4.78 is 15.0. The van der Waals surface area contributed by atoms with E-state index in [9.17, 15) is 4.39 Å². The van der Waals surface area contributed by atoms with Crippen molar-refractivity contribution in [2.75, 3.05) is 5.75 Å². The van der Waals surface area contributed by atoms with Crippen LogP contribution in [0.2, 0.25) is 0 Å². The van der Waals surface area contributed by atoms with Crippen LogP contribution in [-0.4, -0.2) is 15.3 Å². The molecule has 1 aromatic heterocycles. The summed E-state index contributed by atoms with van der Waals surface area (Å²) in [5, 5.41) is 9.31. The number of rotatable bonds is 4. The lowest BCUT2D eigenvalue weighted by molar-refractivity contribution is 0.629. The van der Waals surface area contributed by atoms with Gasteiger partial charge >= 0.3 is 0 Å². The predicted octanol–water partition coefficient (Wildman–Crippen LogP) is 3.11. The maximum Gasteiger partial charge on any atom is 0.168 e. The Morgan fingerprint density at radius 2 is 2.35 bits per heavy atom. The van der Waals surface area contributed by atoms with E-state index in [1.165, 1.54) is 12.1 Å². The van der Waals surface area contributed by atoms with Crippen LogP contribution in [0.15, 0.2) is 23.4 Å². The first-order valence-electron chi connectivity index (χ1n) is 5.34. The number of nitriles is 1. The second kappa shape index (κ2) is 5.19. The van der Waals surface area contributed by atoms with Crippen LogP contribution in [0.3, 0.4) is 0 Å². The summed E-state index contributed by atoms with van der Waals surface area (Å²) in [6.45, 7) is 0. The molecule has 0 aliphatic carbocycles. The molecule has 0 amide bonds. The Bertz CT molecular complexity index is 571. The Hall–Kier alpha value is -1.54. The zero-order valence-corrected chi connectivity index (χ0v) is 10.3. The van der Waals surface area contributed by atoms with Crippen LogP contribution in [0, 0.1) is 17.1 Å². The largest absolute Gasteiger partial charge is 0.322 e. The van der Waals surface area contributed by atoms with Crippen LogP contribution in [0.4, 0.5) is 4.39 Å². The number of unbranched alkanes of at least 4 members (excludes halogenated alkanes) is 1. The number of halogens is 1. The topological polar surface area (TPSA) is 41.6 Å². The molecule has 0 radical (unpaired) electrons. The SMILES string of the molecule is Cn1c(SCCCC#N)nc2cc(F)ccc21. The fourth-order valence-corrected chi connectivity index (χ4v) is 2.52. The summed E-state index contributed by atoms with van der Waals surface area (Å²) in [7, 11) is 1.92. The molecule has 5 heteroatoms. The lowest BCUT2D eigenvalue weighted by atomic mass is 10.3. The Balaban J connectivity index is 2.18. The molecule has 0 unspecified atom stereocenters. The summed E-state index contributed by atoms with van der Waals surface area (Å²) in [5.41, 5.74) is 1.60. The molecule has 2 aromatic rings. The molecule has 1 aromatic carbocycles. The van der Waals surface area contributed by atoms with Gasteiger partial charge in [0.15, 0.2) is 5.16 Å². The van der Waals surface area contributed by atoms with Gasteiger partial charge in [0.25, 0.3) is 0 Å². The lowest BCUT2D eigenvalue weighted by Crippen LogP contribution is -1.91. The average Bonchev–Trinajstić information content (AvgIpc) is 2.61. The monoisotopic (exact) mass is 249 g/mol. The fourth-order valence-electron chi connectivity index (χ4n) is 1.59. The summed E-state index contributed by atoms with van der Waals surface area (Å²) in [4.78, 5) is 4.37. The van der Waals surface area contributed by atoms with Gasteiger partial charge in [-0.05, 0) is 18.6 Å². The molecule has 88 valence electrons. The van der Waals surface area contributed by atoms with Gasteiger partial charge in [0, 0.05) is 25.3 Å². The summed E-state index contributed by atoms with van der Waals surface area (Å²) >= 11 is 1.60. The van der Waals surface area contributed by atoms with Crippen molar-refractivity contribution in [3.05, 3.63) is 24.0 Å². The maximum absolute atomic E-state index is 13.0. The number of imidazole rings is 1. The van der Waals surface area contributed by atoms with E-state index in [0.29, 0.717) is 11.9 Å². The molecule has 2 rings (SSSR count). The van der Waals surface area contributed by atoms with E-state index in [1.54, 1.807) is 17.8 Å². The van der Waals surface area contributed by atoms with E-state index in [-0.39, 0.29) is 5.82 Å². The summed E-state index contributed by atoms with van der Waals surface area (Å²) in [6.07, 6.45) is 1.41. The van der Waals surface area contributed by atoms with Crippen LogP contribution in [-0.2, 0) is 7.05 Å². The van der Waals surface area contributed by atoms with E-state index in [4.69, 9.17) is 5.26 Å². The van der Waals surface area contributed by atoms with E-state index in [2.05, 4.69) is 11.1 Å². The summed E-state index contributed by atoms with van der Waals surface area (Å²) in [5.74, 6) is 0.587. The molecule has 0 aliphatic rings. The van der Waals surface area contributed by atoms with Crippen LogP contribution in [0.5, 0.6) is 0 Å². The van der Waals surface area contributed by atoms with E-state index < -0.39 is 0 Å². The number of fused-ring (bicyclic) bond motifs is 1. The number of aromatic nitrogens is 2. The molecular formula is C12H12FN3S. The third-order valence-corrected chi connectivity index (χ3v) is 3.58. The molecule has 3 nitrogen and oxygen atoms in total. The first-order chi connectivity index (χ1) is 8.22. The number of nitrogens with zero attached hydrogens (tertiary/aromatic N) is 3. The van der Waals surface area contributed by atoms with Crippen LogP contribution >= 0.6 is 11.8 Å². The smallest absolute Gasteiger partial charge is 0.168 e. The Morgan fingerprint density at radius 3 is 3.12 bits per heavy atom. The maximum atomic E-state index is 13.0. The Labute approximate surface area is 103 Å². The normalized spacial score (nSPS) is 10.6. The van der Waals surface area contributed by atoms with Gasteiger partial charge in [-0.3, -0.25) is 0 Å². The number of thioether (sulfide) groups is 1. The minimum atomic E-state index is -0.267. The molecular weight excluding hydrogens is 237 g/mol. The highest BCUT2D eigenvalue weighted by Crippen LogP contribution is 2.23. The molecule has 0 bridgehead atoms. The highest BCUT2D eigenvalue weighted by Gasteiger charge is 2.08. The predicted molar refractivity (Wildman–Crippen MR) is 66.2 cm³/mol. The van der Waals surface area contributed by atoms with Gasteiger partial charge in [-0.1, -0.05) is 11.8 Å².